The Labute approximate surface area is 158 Å². The molecular weight excluding hydrogens is 368 g/mol. The zero-order chi connectivity index (χ0) is 19.9. The largest absolute Gasteiger partial charge is 0.468 e. The molecule has 3 N–H and O–H groups in total. The van der Waals surface area contributed by atoms with Crippen molar-refractivity contribution in [2.75, 3.05) is 18.6 Å². The van der Waals surface area contributed by atoms with Crippen molar-refractivity contribution in [3.8, 4) is 0 Å². The van der Waals surface area contributed by atoms with E-state index >= 15 is 0 Å². The van der Waals surface area contributed by atoms with Crippen LogP contribution in [-0.4, -0.2) is 33.2 Å². The van der Waals surface area contributed by atoms with Gasteiger partial charge >= 0.3 is 5.97 Å². The summed E-state index contributed by atoms with van der Waals surface area (Å²) in [5.41, 5.74) is 8.53. The number of nitrogen functional groups attached to an aromatic ring is 1. The van der Waals surface area contributed by atoms with Crippen LogP contribution in [0.25, 0.3) is 0 Å². The average molecular weight is 390 g/mol. The molecule has 0 aliphatic carbocycles. The van der Waals surface area contributed by atoms with Crippen molar-refractivity contribution in [1.29, 1.82) is 0 Å². The van der Waals surface area contributed by atoms with E-state index in [0.717, 1.165) is 18.2 Å². The van der Waals surface area contributed by atoms with Crippen molar-refractivity contribution >= 4 is 27.4 Å². The quantitative estimate of drug-likeness (QED) is 0.517. The van der Waals surface area contributed by atoms with Gasteiger partial charge < -0.3 is 15.8 Å². The molecule has 0 unspecified atom stereocenters. The molecule has 1 amide bonds. The van der Waals surface area contributed by atoms with Crippen molar-refractivity contribution in [3.63, 3.8) is 0 Å². The number of carbonyl (C=O) groups is 2. The van der Waals surface area contributed by atoms with Crippen LogP contribution in [0.5, 0.6) is 0 Å². The summed E-state index contributed by atoms with van der Waals surface area (Å²) in [4.78, 5) is 23.1. The molecule has 0 aromatic heterocycles. The lowest BCUT2D eigenvalue weighted by Gasteiger charge is -2.08. The topological polar surface area (TPSA) is 116 Å². The number of amides is 1. The molecule has 0 aliphatic heterocycles. The molecule has 7 nitrogen and oxygen atoms in total. The first-order valence-electron chi connectivity index (χ1n) is 8.23. The summed E-state index contributed by atoms with van der Waals surface area (Å²) in [7, 11) is -2.43. The van der Waals surface area contributed by atoms with Crippen LogP contribution in [0.3, 0.4) is 0 Å². The van der Waals surface area contributed by atoms with Gasteiger partial charge in [0.25, 0.3) is 0 Å². The molecule has 8 heteroatoms. The van der Waals surface area contributed by atoms with Crippen LogP contribution >= 0.6 is 0 Å². The first kappa shape index (κ1) is 20.4. The van der Waals surface area contributed by atoms with Gasteiger partial charge in [0.15, 0.2) is 9.84 Å². The Morgan fingerprint density at radius 2 is 1.52 bits per heavy atom. The van der Waals surface area contributed by atoms with Crippen LogP contribution in [0.15, 0.2) is 48.5 Å². The van der Waals surface area contributed by atoms with Crippen molar-refractivity contribution in [2.45, 2.75) is 18.7 Å². The Morgan fingerprint density at radius 1 is 0.963 bits per heavy atom. The van der Waals surface area contributed by atoms with Crippen LogP contribution in [0, 0.1) is 0 Å². The second kappa shape index (κ2) is 9.18. The van der Waals surface area contributed by atoms with Crippen LogP contribution in [0.4, 0.5) is 5.69 Å². The lowest BCUT2D eigenvalue weighted by molar-refractivity contribution is -0.137. The average Bonchev–Trinajstić information content (AvgIpc) is 2.62. The molecule has 0 fully saturated rings. The van der Waals surface area contributed by atoms with Crippen molar-refractivity contribution in [2.24, 2.45) is 0 Å². The number of nitrogens with one attached hydrogen (secondary N) is 1. The Morgan fingerprint density at radius 3 is 2.11 bits per heavy atom. The highest BCUT2D eigenvalue weighted by Gasteiger charge is 2.17. The van der Waals surface area contributed by atoms with Crippen LogP contribution in [0.1, 0.15) is 16.7 Å². The highest BCUT2D eigenvalue weighted by Crippen LogP contribution is 2.10. The number of hydrogen-bond donors (Lipinski definition) is 2. The number of hydrogen-bond acceptors (Lipinski definition) is 6. The first-order chi connectivity index (χ1) is 12.8. The van der Waals surface area contributed by atoms with Gasteiger partial charge in [0, 0.05) is 12.2 Å². The summed E-state index contributed by atoms with van der Waals surface area (Å²) in [6.07, 6.45) is 0.254. The van der Waals surface area contributed by atoms with E-state index in [-0.39, 0.29) is 18.1 Å². The van der Waals surface area contributed by atoms with Crippen molar-refractivity contribution in [3.05, 3.63) is 65.2 Å². The maximum atomic E-state index is 12.0. The van der Waals surface area contributed by atoms with Gasteiger partial charge in [-0.25, -0.2) is 8.42 Å². The molecule has 2 rings (SSSR count). The van der Waals surface area contributed by atoms with Crippen LogP contribution in [0.2, 0.25) is 0 Å². The Hall–Kier alpha value is -2.87. The maximum Gasteiger partial charge on any atom is 0.320 e. The fourth-order valence-corrected chi connectivity index (χ4v) is 3.66. The third-order valence-corrected chi connectivity index (χ3v) is 5.26. The van der Waals surface area contributed by atoms with E-state index < -0.39 is 21.6 Å². The normalized spacial score (nSPS) is 11.0. The molecule has 0 saturated carbocycles. The number of methoxy groups -OCH3 is 1. The Kier molecular flexibility index (Phi) is 6.95. The van der Waals surface area contributed by atoms with Crippen molar-refractivity contribution < 1.29 is 22.7 Å². The van der Waals surface area contributed by atoms with Gasteiger partial charge in [-0.1, -0.05) is 36.4 Å². The summed E-state index contributed by atoms with van der Waals surface area (Å²) in [6, 6.07) is 13.9. The standard InChI is InChI=1S/C19H22N2O5S/c1-26-19(23)13-27(24,25)12-16-4-2-15(3-5-16)11-21-18(22)10-14-6-8-17(20)9-7-14/h2-9H,10-13,20H2,1H3,(H,21,22). The smallest absolute Gasteiger partial charge is 0.320 e. The van der Waals surface area contributed by atoms with E-state index in [0.29, 0.717) is 17.8 Å². The van der Waals surface area contributed by atoms with E-state index in [9.17, 15) is 18.0 Å². The van der Waals surface area contributed by atoms with E-state index in [1.807, 2.05) is 0 Å². The molecule has 2 aromatic rings. The minimum atomic E-state index is -3.58. The van der Waals surface area contributed by atoms with E-state index in [2.05, 4.69) is 10.1 Å². The van der Waals surface area contributed by atoms with Crippen molar-refractivity contribution in [1.82, 2.24) is 5.32 Å². The van der Waals surface area contributed by atoms with E-state index in [1.165, 1.54) is 0 Å². The summed E-state index contributed by atoms with van der Waals surface area (Å²) >= 11 is 0. The Balaban J connectivity index is 1.85. The molecule has 0 atom stereocenters. The number of benzene rings is 2. The number of rotatable bonds is 8. The third-order valence-electron chi connectivity index (χ3n) is 3.81. The van der Waals surface area contributed by atoms with Gasteiger partial charge in [0.05, 0.1) is 19.3 Å². The summed E-state index contributed by atoms with van der Waals surface area (Å²) in [6.45, 7) is 0.336. The molecule has 0 radical (unpaired) electrons. The fourth-order valence-electron chi connectivity index (χ4n) is 2.38. The summed E-state index contributed by atoms with van der Waals surface area (Å²) in [5.74, 6) is -1.79. The van der Waals surface area contributed by atoms with Crippen LogP contribution < -0.4 is 11.1 Å². The molecule has 27 heavy (non-hydrogen) atoms. The highest BCUT2D eigenvalue weighted by atomic mass is 32.2. The lowest BCUT2D eigenvalue weighted by Crippen LogP contribution is -2.24. The molecule has 144 valence electrons. The van der Waals surface area contributed by atoms with E-state index in [1.54, 1.807) is 48.5 Å². The SMILES string of the molecule is COC(=O)CS(=O)(=O)Cc1ccc(CNC(=O)Cc2ccc(N)cc2)cc1. The number of sulfone groups is 1. The molecule has 0 saturated heterocycles. The predicted molar refractivity (Wildman–Crippen MR) is 102 cm³/mol. The third kappa shape index (κ3) is 7.10. The van der Waals surface area contributed by atoms with Gasteiger partial charge in [-0.15, -0.1) is 0 Å². The minimum Gasteiger partial charge on any atom is -0.468 e. The highest BCUT2D eigenvalue weighted by molar-refractivity contribution is 7.91. The number of anilines is 1. The fraction of sp³-hybridized carbons (Fsp3) is 0.263. The van der Waals surface area contributed by atoms with Gasteiger partial charge in [0.1, 0.15) is 5.75 Å². The summed E-state index contributed by atoms with van der Waals surface area (Å²) < 4.78 is 28.2. The number of carbonyl (C=O) groups excluding carboxylic acids is 2. The predicted octanol–water partition coefficient (Wildman–Crippen LogP) is 1.22. The summed E-state index contributed by atoms with van der Waals surface area (Å²) in [5, 5.41) is 2.81. The van der Waals surface area contributed by atoms with Gasteiger partial charge in [-0.3, -0.25) is 9.59 Å². The molecule has 0 bridgehead atoms. The molecule has 0 spiro atoms. The molecular formula is C19H22N2O5S. The van der Waals surface area contributed by atoms with Gasteiger partial charge in [-0.05, 0) is 28.8 Å². The Bertz CT molecular complexity index is 891. The number of esters is 1. The van der Waals surface area contributed by atoms with E-state index in [4.69, 9.17) is 5.73 Å². The first-order valence-corrected chi connectivity index (χ1v) is 10.1. The zero-order valence-corrected chi connectivity index (χ0v) is 15.8. The lowest BCUT2D eigenvalue weighted by atomic mass is 10.1. The number of ether oxygens (including phenoxy) is 1. The van der Waals surface area contributed by atoms with Crippen LogP contribution in [-0.2, 0) is 42.9 Å². The second-order valence-electron chi connectivity index (χ2n) is 6.12. The molecule has 2 aromatic carbocycles. The molecule has 0 aliphatic rings. The maximum absolute atomic E-state index is 12.0. The monoisotopic (exact) mass is 390 g/mol. The minimum absolute atomic E-state index is 0.121. The van der Waals surface area contributed by atoms with Gasteiger partial charge in [-0.2, -0.15) is 0 Å². The second-order valence-corrected chi connectivity index (χ2v) is 8.18. The zero-order valence-electron chi connectivity index (χ0n) is 15.0. The van der Waals surface area contributed by atoms with Gasteiger partial charge in [0.2, 0.25) is 5.91 Å². The number of nitrogens with two attached hydrogens (primary N) is 1. The molecule has 0 heterocycles.